The lowest BCUT2D eigenvalue weighted by Gasteiger charge is -2.08. The fourth-order valence-electron chi connectivity index (χ4n) is 2.21. The van der Waals surface area contributed by atoms with E-state index in [-0.39, 0.29) is 5.91 Å². The molecule has 3 rings (SSSR count). The Morgan fingerprint density at radius 1 is 1.19 bits per heavy atom. The van der Waals surface area contributed by atoms with Crippen LogP contribution < -0.4 is 5.32 Å². The van der Waals surface area contributed by atoms with Crippen molar-refractivity contribution in [2.24, 2.45) is 0 Å². The number of nitrogens with one attached hydrogen (secondary N) is 1. The second-order valence-electron chi connectivity index (χ2n) is 4.54. The van der Waals surface area contributed by atoms with Gasteiger partial charge in [-0.25, -0.2) is 9.97 Å². The third kappa shape index (κ3) is 2.65. The molecule has 0 radical (unpaired) electrons. The van der Waals surface area contributed by atoms with Gasteiger partial charge in [-0.3, -0.25) is 4.79 Å². The van der Waals surface area contributed by atoms with Crippen molar-refractivity contribution in [3.63, 3.8) is 0 Å². The number of nitrogens with zero attached hydrogens (tertiary/aromatic N) is 2. The van der Waals surface area contributed by atoms with Crippen molar-refractivity contribution in [2.45, 2.75) is 0 Å². The minimum atomic E-state index is -0.229. The lowest BCUT2D eigenvalue weighted by molar-refractivity contribution is -0.111. The number of anilines is 1. The van der Waals surface area contributed by atoms with E-state index in [2.05, 4.69) is 21.9 Å². The Morgan fingerprint density at radius 3 is 2.90 bits per heavy atom. The van der Waals surface area contributed by atoms with Gasteiger partial charge in [0.1, 0.15) is 6.33 Å². The lowest BCUT2D eigenvalue weighted by atomic mass is 10.0. The van der Waals surface area contributed by atoms with E-state index in [0.29, 0.717) is 0 Å². The molecule has 0 atom stereocenters. The first-order valence-electron chi connectivity index (χ1n) is 6.50. The molecular weight excluding hydrogens is 262 g/mol. The maximum Gasteiger partial charge on any atom is 0.247 e. The predicted molar refractivity (Wildman–Crippen MR) is 83.8 cm³/mol. The van der Waals surface area contributed by atoms with E-state index in [4.69, 9.17) is 0 Å². The highest BCUT2D eigenvalue weighted by atomic mass is 16.1. The molecule has 1 heterocycles. The van der Waals surface area contributed by atoms with E-state index in [1.54, 1.807) is 6.20 Å². The fraction of sp³-hybridized carbons (Fsp3) is 0. The minimum absolute atomic E-state index is 0.229. The zero-order valence-electron chi connectivity index (χ0n) is 11.3. The summed E-state index contributed by atoms with van der Waals surface area (Å²) in [5, 5.41) is 3.74. The predicted octanol–water partition coefficient (Wildman–Crippen LogP) is 3.42. The summed E-state index contributed by atoms with van der Waals surface area (Å²) in [5.41, 5.74) is 3.61. The molecule has 1 N–H and O–H groups in total. The Morgan fingerprint density at radius 2 is 2.05 bits per heavy atom. The summed E-state index contributed by atoms with van der Waals surface area (Å²) in [7, 11) is 0. The summed E-state index contributed by atoms with van der Waals surface area (Å²) in [6.07, 6.45) is 4.57. The standard InChI is InChI=1S/C17H13N3O/c1-2-16(21)20-14-7-3-5-12(9-14)15-8-4-6-13-10-18-11-19-17(13)15/h2-11H,1H2,(H,20,21). The molecule has 0 spiro atoms. The minimum Gasteiger partial charge on any atom is -0.323 e. The molecule has 4 nitrogen and oxygen atoms in total. The van der Waals surface area contributed by atoms with Crippen LogP contribution in [0.15, 0.2) is 67.6 Å². The van der Waals surface area contributed by atoms with Gasteiger partial charge in [0.15, 0.2) is 0 Å². The molecule has 0 aliphatic carbocycles. The van der Waals surface area contributed by atoms with Crippen LogP contribution in [0.1, 0.15) is 0 Å². The van der Waals surface area contributed by atoms with Crippen molar-refractivity contribution in [1.29, 1.82) is 0 Å². The Labute approximate surface area is 122 Å². The number of fused-ring (bicyclic) bond motifs is 1. The average molecular weight is 275 g/mol. The van der Waals surface area contributed by atoms with Gasteiger partial charge in [-0.05, 0) is 23.8 Å². The van der Waals surface area contributed by atoms with Crippen LogP contribution in [0.3, 0.4) is 0 Å². The van der Waals surface area contributed by atoms with E-state index < -0.39 is 0 Å². The van der Waals surface area contributed by atoms with Crippen LogP contribution in [-0.4, -0.2) is 15.9 Å². The summed E-state index contributed by atoms with van der Waals surface area (Å²) in [6.45, 7) is 3.45. The molecule has 102 valence electrons. The molecule has 0 unspecified atom stereocenters. The SMILES string of the molecule is C=CC(=O)Nc1cccc(-c2cccc3cncnc23)c1. The highest BCUT2D eigenvalue weighted by Crippen LogP contribution is 2.28. The molecule has 3 aromatic rings. The maximum absolute atomic E-state index is 11.4. The molecule has 0 aliphatic heterocycles. The van der Waals surface area contributed by atoms with Gasteiger partial charge in [0.25, 0.3) is 0 Å². The van der Waals surface area contributed by atoms with Gasteiger partial charge in [0, 0.05) is 22.8 Å². The Kier molecular flexibility index (Phi) is 3.43. The number of amides is 1. The van der Waals surface area contributed by atoms with Crippen molar-refractivity contribution in [3.8, 4) is 11.1 Å². The van der Waals surface area contributed by atoms with Gasteiger partial charge in [-0.2, -0.15) is 0 Å². The number of hydrogen-bond acceptors (Lipinski definition) is 3. The monoisotopic (exact) mass is 275 g/mol. The van der Waals surface area contributed by atoms with Gasteiger partial charge < -0.3 is 5.32 Å². The molecule has 0 aliphatic rings. The molecule has 0 bridgehead atoms. The number of rotatable bonds is 3. The van der Waals surface area contributed by atoms with Crippen LogP contribution in [0.5, 0.6) is 0 Å². The molecule has 2 aromatic carbocycles. The van der Waals surface area contributed by atoms with Crippen LogP contribution in [0, 0.1) is 0 Å². The highest BCUT2D eigenvalue weighted by molar-refractivity contribution is 6.00. The molecule has 1 amide bonds. The Balaban J connectivity index is 2.08. The average Bonchev–Trinajstić information content (AvgIpc) is 2.54. The zero-order chi connectivity index (χ0) is 14.7. The Bertz CT molecular complexity index is 822. The first-order valence-corrected chi connectivity index (χ1v) is 6.50. The normalized spacial score (nSPS) is 10.3. The van der Waals surface area contributed by atoms with Crippen LogP contribution in [-0.2, 0) is 4.79 Å². The smallest absolute Gasteiger partial charge is 0.247 e. The highest BCUT2D eigenvalue weighted by Gasteiger charge is 2.06. The van der Waals surface area contributed by atoms with Gasteiger partial charge in [-0.1, -0.05) is 36.9 Å². The molecule has 1 aromatic heterocycles. The van der Waals surface area contributed by atoms with Crippen molar-refractivity contribution in [3.05, 3.63) is 67.6 Å². The van der Waals surface area contributed by atoms with Crippen LogP contribution in [0.4, 0.5) is 5.69 Å². The zero-order valence-corrected chi connectivity index (χ0v) is 11.3. The van der Waals surface area contributed by atoms with Gasteiger partial charge >= 0.3 is 0 Å². The van der Waals surface area contributed by atoms with Crippen molar-refractivity contribution >= 4 is 22.5 Å². The van der Waals surface area contributed by atoms with Crippen LogP contribution in [0.2, 0.25) is 0 Å². The summed E-state index contributed by atoms with van der Waals surface area (Å²) in [4.78, 5) is 19.8. The molecule has 0 saturated heterocycles. The van der Waals surface area contributed by atoms with E-state index in [1.807, 2.05) is 42.5 Å². The number of para-hydroxylation sites is 1. The largest absolute Gasteiger partial charge is 0.323 e. The third-order valence-electron chi connectivity index (χ3n) is 3.16. The van der Waals surface area contributed by atoms with E-state index in [1.165, 1.54) is 12.4 Å². The number of carbonyl (C=O) groups excluding carboxylic acids is 1. The van der Waals surface area contributed by atoms with E-state index >= 15 is 0 Å². The summed E-state index contributed by atoms with van der Waals surface area (Å²) < 4.78 is 0. The summed E-state index contributed by atoms with van der Waals surface area (Å²) in [6, 6.07) is 13.6. The number of hydrogen-bond donors (Lipinski definition) is 1. The van der Waals surface area contributed by atoms with Gasteiger partial charge in [-0.15, -0.1) is 0 Å². The van der Waals surface area contributed by atoms with E-state index in [0.717, 1.165) is 27.7 Å². The number of aromatic nitrogens is 2. The van der Waals surface area contributed by atoms with Crippen LogP contribution in [0.25, 0.3) is 22.0 Å². The molecule has 0 fully saturated rings. The van der Waals surface area contributed by atoms with Crippen molar-refractivity contribution in [2.75, 3.05) is 5.32 Å². The third-order valence-corrected chi connectivity index (χ3v) is 3.16. The van der Waals surface area contributed by atoms with Gasteiger partial charge in [0.05, 0.1) is 5.52 Å². The topological polar surface area (TPSA) is 54.9 Å². The van der Waals surface area contributed by atoms with E-state index in [9.17, 15) is 4.79 Å². The summed E-state index contributed by atoms with van der Waals surface area (Å²) >= 11 is 0. The second kappa shape index (κ2) is 5.54. The quantitative estimate of drug-likeness (QED) is 0.745. The van der Waals surface area contributed by atoms with Crippen molar-refractivity contribution < 1.29 is 4.79 Å². The molecule has 0 saturated carbocycles. The number of benzene rings is 2. The lowest BCUT2D eigenvalue weighted by Crippen LogP contribution is -2.06. The molecular formula is C17H13N3O. The molecule has 4 heteroatoms. The first kappa shape index (κ1) is 13.0. The number of carbonyl (C=O) groups is 1. The van der Waals surface area contributed by atoms with Gasteiger partial charge in [0.2, 0.25) is 5.91 Å². The fourth-order valence-corrected chi connectivity index (χ4v) is 2.21. The van der Waals surface area contributed by atoms with Crippen molar-refractivity contribution in [1.82, 2.24) is 9.97 Å². The summed E-state index contributed by atoms with van der Waals surface area (Å²) in [5.74, 6) is -0.229. The first-order chi connectivity index (χ1) is 10.3. The maximum atomic E-state index is 11.4. The van der Waals surface area contributed by atoms with Crippen LogP contribution >= 0.6 is 0 Å². The Hall–Kier alpha value is -3.01. The molecule has 21 heavy (non-hydrogen) atoms. The second-order valence-corrected chi connectivity index (χ2v) is 4.54.